The van der Waals surface area contributed by atoms with Crippen molar-refractivity contribution in [3.8, 4) is 11.5 Å². The van der Waals surface area contributed by atoms with Gasteiger partial charge >= 0.3 is 5.97 Å². The molecule has 1 aliphatic rings. The standard InChI is InChI=1S/C24H25ClO5/c1-4-28-23(26)9-16-7-8-18(27-3)12-22(16)29-13-21-14(2)30-24-19(15-5-6-15)10-17(25)11-20(21)24/h7-8,10-12,15H,4-6,9,13H2,1-3H3. The molecule has 6 heteroatoms. The lowest BCUT2D eigenvalue weighted by atomic mass is 10.0. The third kappa shape index (κ3) is 4.26. The molecule has 0 unspecified atom stereocenters. The number of carbonyl (C=O) groups excluding carboxylic acids is 1. The summed E-state index contributed by atoms with van der Waals surface area (Å²) in [5.74, 6) is 2.29. The van der Waals surface area contributed by atoms with Crippen LogP contribution in [-0.2, 0) is 22.6 Å². The van der Waals surface area contributed by atoms with E-state index in [1.54, 1.807) is 20.1 Å². The van der Waals surface area contributed by atoms with Gasteiger partial charge < -0.3 is 18.6 Å². The van der Waals surface area contributed by atoms with Gasteiger partial charge in [-0.15, -0.1) is 0 Å². The summed E-state index contributed by atoms with van der Waals surface area (Å²) in [6.45, 7) is 4.37. The summed E-state index contributed by atoms with van der Waals surface area (Å²) in [6.07, 6.45) is 2.47. The predicted molar refractivity (Wildman–Crippen MR) is 116 cm³/mol. The molecule has 0 amide bonds. The summed E-state index contributed by atoms with van der Waals surface area (Å²) in [4.78, 5) is 12.0. The van der Waals surface area contributed by atoms with Crippen molar-refractivity contribution in [3.05, 3.63) is 57.8 Å². The molecule has 1 aliphatic carbocycles. The molecule has 1 saturated carbocycles. The molecule has 3 aromatic rings. The molecule has 158 valence electrons. The Morgan fingerprint density at radius 2 is 2.03 bits per heavy atom. The highest BCUT2D eigenvalue weighted by atomic mass is 35.5. The van der Waals surface area contributed by atoms with Gasteiger partial charge in [0.2, 0.25) is 0 Å². The molecule has 1 aromatic heterocycles. The number of carbonyl (C=O) groups is 1. The van der Waals surface area contributed by atoms with Crippen molar-refractivity contribution >= 4 is 28.5 Å². The van der Waals surface area contributed by atoms with Gasteiger partial charge in [0.05, 0.1) is 20.1 Å². The second-order valence-electron chi connectivity index (χ2n) is 7.53. The average Bonchev–Trinajstić information content (AvgIpc) is 3.51. The van der Waals surface area contributed by atoms with E-state index in [1.807, 2.05) is 31.2 Å². The molecular weight excluding hydrogens is 404 g/mol. The van der Waals surface area contributed by atoms with E-state index in [0.29, 0.717) is 35.7 Å². The van der Waals surface area contributed by atoms with Crippen LogP contribution in [0.3, 0.4) is 0 Å². The first kappa shape index (κ1) is 20.6. The zero-order valence-electron chi connectivity index (χ0n) is 17.4. The lowest BCUT2D eigenvalue weighted by Crippen LogP contribution is -2.09. The molecular formula is C24H25ClO5. The Balaban J connectivity index is 1.64. The summed E-state index contributed by atoms with van der Waals surface area (Å²) in [5, 5.41) is 1.69. The fourth-order valence-electron chi connectivity index (χ4n) is 3.69. The first-order valence-electron chi connectivity index (χ1n) is 10.2. The van der Waals surface area contributed by atoms with Crippen molar-refractivity contribution < 1.29 is 23.4 Å². The van der Waals surface area contributed by atoms with E-state index in [4.69, 9.17) is 30.2 Å². The molecule has 0 N–H and O–H groups in total. The third-order valence-corrected chi connectivity index (χ3v) is 5.61. The summed E-state index contributed by atoms with van der Waals surface area (Å²) in [7, 11) is 1.60. The van der Waals surface area contributed by atoms with E-state index in [9.17, 15) is 4.79 Å². The van der Waals surface area contributed by atoms with E-state index in [-0.39, 0.29) is 12.4 Å². The Labute approximate surface area is 180 Å². The number of esters is 1. The highest BCUT2D eigenvalue weighted by Gasteiger charge is 2.28. The lowest BCUT2D eigenvalue weighted by Gasteiger charge is -2.13. The number of benzene rings is 2. The molecule has 0 bridgehead atoms. The number of hydrogen-bond acceptors (Lipinski definition) is 5. The highest BCUT2D eigenvalue weighted by Crippen LogP contribution is 2.45. The summed E-state index contributed by atoms with van der Waals surface area (Å²) in [5.41, 5.74) is 3.78. The monoisotopic (exact) mass is 428 g/mol. The van der Waals surface area contributed by atoms with Gasteiger partial charge in [-0.2, -0.15) is 0 Å². The SMILES string of the molecule is CCOC(=O)Cc1ccc(OC)cc1OCc1c(C)oc2c(C3CC3)cc(Cl)cc12. The Kier molecular flexibility index (Phi) is 5.91. The quantitative estimate of drug-likeness (QED) is 0.414. The van der Waals surface area contributed by atoms with Crippen molar-refractivity contribution in [2.75, 3.05) is 13.7 Å². The molecule has 0 radical (unpaired) electrons. The third-order valence-electron chi connectivity index (χ3n) is 5.39. The van der Waals surface area contributed by atoms with Crippen LogP contribution in [0.2, 0.25) is 5.02 Å². The maximum absolute atomic E-state index is 12.0. The van der Waals surface area contributed by atoms with Gasteiger partial charge in [0, 0.05) is 27.6 Å². The van der Waals surface area contributed by atoms with E-state index < -0.39 is 0 Å². The minimum Gasteiger partial charge on any atom is -0.497 e. The van der Waals surface area contributed by atoms with Crippen LogP contribution in [0.25, 0.3) is 11.0 Å². The Morgan fingerprint density at radius 3 is 2.73 bits per heavy atom. The summed E-state index contributed by atoms with van der Waals surface area (Å²) in [6, 6.07) is 9.36. The topological polar surface area (TPSA) is 57.9 Å². The summed E-state index contributed by atoms with van der Waals surface area (Å²) >= 11 is 6.40. The fraction of sp³-hybridized carbons (Fsp3) is 0.375. The van der Waals surface area contributed by atoms with Gasteiger partial charge in [-0.1, -0.05) is 17.7 Å². The second kappa shape index (κ2) is 8.60. The van der Waals surface area contributed by atoms with Crippen LogP contribution >= 0.6 is 11.6 Å². The number of halogens is 1. The van der Waals surface area contributed by atoms with Gasteiger partial charge in [-0.3, -0.25) is 4.79 Å². The van der Waals surface area contributed by atoms with Crippen LogP contribution in [0, 0.1) is 6.92 Å². The van der Waals surface area contributed by atoms with Gasteiger partial charge in [0.15, 0.2) is 0 Å². The maximum Gasteiger partial charge on any atom is 0.310 e. The van der Waals surface area contributed by atoms with Crippen LogP contribution in [0.1, 0.15) is 48.1 Å². The average molecular weight is 429 g/mol. The molecule has 5 nitrogen and oxygen atoms in total. The van der Waals surface area contributed by atoms with E-state index in [0.717, 1.165) is 27.9 Å². The number of aryl methyl sites for hydroxylation is 1. The van der Waals surface area contributed by atoms with E-state index >= 15 is 0 Å². The van der Waals surface area contributed by atoms with Crippen LogP contribution in [-0.4, -0.2) is 19.7 Å². The van der Waals surface area contributed by atoms with Crippen LogP contribution in [0.4, 0.5) is 0 Å². The number of methoxy groups -OCH3 is 1. The highest BCUT2D eigenvalue weighted by molar-refractivity contribution is 6.31. The molecule has 1 heterocycles. The van der Waals surface area contributed by atoms with Gasteiger partial charge in [0.1, 0.15) is 29.4 Å². The fourth-order valence-corrected chi connectivity index (χ4v) is 3.92. The number of rotatable bonds is 8. The van der Waals surface area contributed by atoms with Crippen molar-refractivity contribution in [3.63, 3.8) is 0 Å². The number of hydrogen-bond donors (Lipinski definition) is 0. The van der Waals surface area contributed by atoms with E-state index in [2.05, 4.69) is 0 Å². The molecule has 1 fully saturated rings. The van der Waals surface area contributed by atoms with Crippen LogP contribution in [0.5, 0.6) is 11.5 Å². The Morgan fingerprint density at radius 1 is 1.23 bits per heavy atom. The number of furan rings is 1. The van der Waals surface area contributed by atoms with Crippen molar-refractivity contribution in [2.45, 2.75) is 45.6 Å². The van der Waals surface area contributed by atoms with Crippen molar-refractivity contribution in [2.24, 2.45) is 0 Å². The number of ether oxygens (including phenoxy) is 3. The Bertz CT molecular complexity index is 1080. The molecule has 0 atom stereocenters. The lowest BCUT2D eigenvalue weighted by molar-refractivity contribution is -0.142. The zero-order chi connectivity index (χ0) is 21.3. The summed E-state index contributed by atoms with van der Waals surface area (Å²) < 4.78 is 22.7. The zero-order valence-corrected chi connectivity index (χ0v) is 18.2. The smallest absolute Gasteiger partial charge is 0.310 e. The molecule has 30 heavy (non-hydrogen) atoms. The van der Waals surface area contributed by atoms with E-state index in [1.165, 1.54) is 18.4 Å². The number of fused-ring (bicyclic) bond motifs is 1. The van der Waals surface area contributed by atoms with Crippen molar-refractivity contribution in [1.82, 2.24) is 0 Å². The van der Waals surface area contributed by atoms with Gasteiger partial charge in [-0.25, -0.2) is 0 Å². The molecule has 4 rings (SSSR count). The van der Waals surface area contributed by atoms with Crippen LogP contribution < -0.4 is 9.47 Å². The van der Waals surface area contributed by atoms with Crippen LogP contribution in [0.15, 0.2) is 34.7 Å². The molecule has 2 aromatic carbocycles. The molecule has 0 spiro atoms. The Hall–Kier alpha value is -2.66. The normalized spacial score (nSPS) is 13.5. The van der Waals surface area contributed by atoms with Crippen molar-refractivity contribution in [1.29, 1.82) is 0 Å². The minimum atomic E-state index is -0.293. The molecule has 0 saturated heterocycles. The largest absolute Gasteiger partial charge is 0.497 e. The predicted octanol–water partition coefficient (Wildman–Crippen LogP) is 5.97. The molecule has 0 aliphatic heterocycles. The first-order chi connectivity index (χ1) is 14.5. The van der Waals surface area contributed by atoms with Gasteiger partial charge in [0.25, 0.3) is 0 Å². The maximum atomic E-state index is 12.0. The first-order valence-corrected chi connectivity index (χ1v) is 10.5. The van der Waals surface area contributed by atoms with Gasteiger partial charge in [-0.05, 0) is 56.4 Å². The second-order valence-corrected chi connectivity index (χ2v) is 7.96. The minimum absolute atomic E-state index is 0.135.